The minimum atomic E-state index is -1.84. The fourth-order valence-electron chi connectivity index (χ4n) is 1.78. The Bertz CT molecular complexity index is 638. The summed E-state index contributed by atoms with van der Waals surface area (Å²) in [6.45, 7) is 0. The van der Waals surface area contributed by atoms with E-state index >= 15 is 0 Å². The van der Waals surface area contributed by atoms with Gasteiger partial charge >= 0.3 is 0 Å². The molecule has 0 amide bonds. The van der Waals surface area contributed by atoms with E-state index in [9.17, 15) is 13.0 Å². The Labute approximate surface area is 117 Å². The Kier molecular flexibility index (Phi) is 4.34. The highest BCUT2D eigenvalue weighted by Crippen LogP contribution is 2.23. The van der Waals surface area contributed by atoms with Gasteiger partial charge in [0.1, 0.15) is 22.3 Å². The first-order valence-corrected chi connectivity index (χ1v) is 7.09. The Morgan fingerprint density at radius 3 is 2.45 bits per heavy atom. The van der Waals surface area contributed by atoms with Crippen LogP contribution in [0.2, 0.25) is 0 Å². The van der Waals surface area contributed by atoms with Gasteiger partial charge in [0.05, 0.1) is 23.7 Å². The fourth-order valence-corrected chi connectivity index (χ4v) is 2.96. The number of benzene rings is 2. The Morgan fingerprint density at radius 1 is 1.20 bits per heavy atom. The smallest absolute Gasteiger partial charge is 0.144 e. The van der Waals surface area contributed by atoms with Crippen LogP contribution < -0.4 is 10.5 Å². The van der Waals surface area contributed by atoms with Crippen LogP contribution in [0.25, 0.3) is 0 Å². The highest BCUT2D eigenvalue weighted by molar-refractivity contribution is 7.84. The summed E-state index contributed by atoms with van der Waals surface area (Å²) in [7, 11) is -0.328. The predicted molar refractivity (Wildman–Crippen MR) is 73.9 cm³/mol. The molecule has 1 unspecified atom stereocenters. The van der Waals surface area contributed by atoms with Gasteiger partial charge < -0.3 is 10.5 Å². The Morgan fingerprint density at radius 2 is 1.85 bits per heavy atom. The third-order valence-electron chi connectivity index (χ3n) is 2.68. The molecule has 1 atom stereocenters. The van der Waals surface area contributed by atoms with E-state index in [0.29, 0.717) is 11.3 Å². The second-order valence-electron chi connectivity index (χ2n) is 4.16. The molecule has 0 aliphatic carbocycles. The summed E-state index contributed by atoms with van der Waals surface area (Å²) in [5.74, 6) is -1.21. The lowest BCUT2D eigenvalue weighted by atomic mass is 10.2. The van der Waals surface area contributed by atoms with Crippen LogP contribution in [0.5, 0.6) is 5.75 Å². The molecule has 0 spiro atoms. The predicted octanol–water partition coefficient (Wildman–Crippen LogP) is 2.86. The van der Waals surface area contributed by atoms with Crippen molar-refractivity contribution in [2.24, 2.45) is 0 Å². The quantitative estimate of drug-likeness (QED) is 0.883. The number of nitrogen functional groups attached to an aromatic ring is 1. The summed E-state index contributed by atoms with van der Waals surface area (Å²) in [6.07, 6.45) is 0. The summed E-state index contributed by atoms with van der Waals surface area (Å²) >= 11 is 0. The number of nitrogens with two attached hydrogens (primary N) is 1. The first-order chi connectivity index (χ1) is 9.51. The summed E-state index contributed by atoms with van der Waals surface area (Å²) in [5.41, 5.74) is 5.95. The van der Waals surface area contributed by atoms with Gasteiger partial charge in [-0.05, 0) is 29.8 Å². The molecule has 2 aromatic carbocycles. The van der Waals surface area contributed by atoms with Gasteiger partial charge in [0, 0.05) is 5.69 Å². The van der Waals surface area contributed by atoms with Crippen molar-refractivity contribution in [3.8, 4) is 5.75 Å². The Hall–Kier alpha value is -1.95. The normalized spacial score (nSPS) is 12.2. The maximum atomic E-state index is 13.7. The lowest BCUT2D eigenvalue weighted by Crippen LogP contribution is -2.04. The first-order valence-electron chi connectivity index (χ1n) is 5.77. The maximum absolute atomic E-state index is 13.7. The molecular weight excluding hydrogens is 284 g/mol. The molecule has 106 valence electrons. The van der Waals surface area contributed by atoms with Crippen LogP contribution in [-0.4, -0.2) is 11.3 Å². The fraction of sp³-hybridized carbons (Fsp3) is 0.143. The molecule has 3 nitrogen and oxygen atoms in total. The van der Waals surface area contributed by atoms with Crippen LogP contribution in [0.15, 0.2) is 41.3 Å². The van der Waals surface area contributed by atoms with Crippen LogP contribution in [0.4, 0.5) is 14.5 Å². The zero-order chi connectivity index (χ0) is 14.7. The van der Waals surface area contributed by atoms with E-state index in [0.717, 1.165) is 12.1 Å². The van der Waals surface area contributed by atoms with Crippen molar-refractivity contribution in [1.29, 1.82) is 0 Å². The van der Waals surface area contributed by atoms with Gasteiger partial charge in [-0.1, -0.05) is 12.1 Å². The van der Waals surface area contributed by atoms with E-state index in [-0.39, 0.29) is 11.4 Å². The first kappa shape index (κ1) is 14.5. The third kappa shape index (κ3) is 3.14. The van der Waals surface area contributed by atoms with Crippen molar-refractivity contribution < 1.29 is 17.7 Å². The molecule has 0 aromatic heterocycles. The second-order valence-corrected chi connectivity index (χ2v) is 5.54. The third-order valence-corrected chi connectivity index (χ3v) is 4.12. The largest absolute Gasteiger partial charge is 0.497 e. The lowest BCUT2D eigenvalue weighted by molar-refractivity contribution is 0.414. The standard InChI is InChI=1S/C14H13F2NO2S/c1-19-11-4-2-3-9(5-11)8-20(18)14-12(15)6-10(17)7-13(14)16/h2-7H,8,17H2,1H3. The molecule has 0 saturated carbocycles. The van der Waals surface area contributed by atoms with Gasteiger partial charge in [0.15, 0.2) is 0 Å². The molecule has 20 heavy (non-hydrogen) atoms. The van der Waals surface area contributed by atoms with Gasteiger partial charge in [0.2, 0.25) is 0 Å². The molecule has 0 heterocycles. The van der Waals surface area contributed by atoms with Crippen LogP contribution in [0.1, 0.15) is 5.56 Å². The molecule has 2 aromatic rings. The number of hydrogen-bond donors (Lipinski definition) is 1. The van der Waals surface area contributed by atoms with Crippen molar-refractivity contribution in [3.63, 3.8) is 0 Å². The maximum Gasteiger partial charge on any atom is 0.144 e. The van der Waals surface area contributed by atoms with Gasteiger partial charge in [-0.15, -0.1) is 0 Å². The number of ether oxygens (including phenoxy) is 1. The van der Waals surface area contributed by atoms with E-state index in [4.69, 9.17) is 10.5 Å². The number of hydrogen-bond acceptors (Lipinski definition) is 3. The lowest BCUT2D eigenvalue weighted by Gasteiger charge is -2.07. The van der Waals surface area contributed by atoms with Gasteiger partial charge in [-0.3, -0.25) is 4.21 Å². The van der Waals surface area contributed by atoms with Crippen LogP contribution in [0, 0.1) is 11.6 Å². The van der Waals surface area contributed by atoms with Crippen LogP contribution in [0.3, 0.4) is 0 Å². The average Bonchev–Trinajstić information content (AvgIpc) is 2.37. The topological polar surface area (TPSA) is 52.3 Å². The van der Waals surface area contributed by atoms with E-state index < -0.39 is 27.3 Å². The zero-order valence-electron chi connectivity index (χ0n) is 10.7. The molecule has 0 aliphatic rings. The van der Waals surface area contributed by atoms with Crippen molar-refractivity contribution in [2.75, 3.05) is 12.8 Å². The summed E-state index contributed by atoms with van der Waals surface area (Å²) in [5, 5.41) is 0. The average molecular weight is 297 g/mol. The van der Waals surface area contributed by atoms with E-state index in [1.54, 1.807) is 24.3 Å². The summed E-state index contributed by atoms with van der Waals surface area (Å²) in [6, 6.07) is 8.76. The van der Waals surface area contributed by atoms with Crippen molar-refractivity contribution in [2.45, 2.75) is 10.6 Å². The molecule has 6 heteroatoms. The highest BCUT2D eigenvalue weighted by atomic mass is 32.2. The molecule has 0 radical (unpaired) electrons. The molecule has 2 N–H and O–H groups in total. The summed E-state index contributed by atoms with van der Waals surface area (Å²) in [4.78, 5) is -0.456. The molecule has 0 saturated heterocycles. The number of halogens is 2. The molecule has 0 aliphatic heterocycles. The SMILES string of the molecule is COc1cccc(CS(=O)c2c(F)cc(N)cc2F)c1. The number of anilines is 1. The highest BCUT2D eigenvalue weighted by Gasteiger charge is 2.17. The second kappa shape index (κ2) is 6.00. The molecular formula is C14H13F2NO2S. The van der Waals surface area contributed by atoms with Crippen LogP contribution in [-0.2, 0) is 16.6 Å². The Balaban J connectivity index is 2.28. The van der Waals surface area contributed by atoms with Gasteiger partial charge in [-0.2, -0.15) is 0 Å². The molecule has 0 bridgehead atoms. The minimum Gasteiger partial charge on any atom is -0.497 e. The van der Waals surface area contributed by atoms with Crippen molar-refractivity contribution >= 4 is 16.5 Å². The number of methoxy groups -OCH3 is 1. The van der Waals surface area contributed by atoms with Crippen LogP contribution >= 0.6 is 0 Å². The number of rotatable bonds is 4. The monoisotopic (exact) mass is 297 g/mol. The van der Waals surface area contributed by atoms with Crippen molar-refractivity contribution in [3.05, 3.63) is 53.6 Å². The van der Waals surface area contributed by atoms with E-state index in [2.05, 4.69) is 0 Å². The van der Waals surface area contributed by atoms with E-state index in [1.165, 1.54) is 7.11 Å². The molecule has 2 rings (SSSR count). The van der Waals surface area contributed by atoms with Gasteiger partial charge in [0.25, 0.3) is 0 Å². The van der Waals surface area contributed by atoms with Gasteiger partial charge in [-0.25, -0.2) is 8.78 Å². The zero-order valence-corrected chi connectivity index (χ0v) is 11.5. The van der Waals surface area contributed by atoms with E-state index in [1.807, 2.05) is 0 Å². The molecule has 0 fully saturated rings. The van der Waals surface area contributed by atoms with Crippen molar-refractivity contribution in [1.82, 2.24) is 0 Å². The minimum absolute atomic E-state index is 0.00500. The summed E-state index contributed by atoms with van der Waals surface area (Å²) < 4.78 is 44.5.